The molecule has 198 valence electrons. The minimum Gasteiger partial charge on any atom is -0.354 e. The third-order valence-corrected chi connectivity index (χ3v) is 6.74. The third-order valence-electron chi connectivity index (χ3n) is 5.59. The van der Waals surface area contributed by atoms with Gasteiger partial charge in [-0.25, -0.2) is 8.42 Å². The van der Waals surface area contributed by atoms with Gasteiger partial charge in [-0.2, -0.15) is 13.2 Å². The van der Waals surface area contributed by atoms with E-state index in [1.54, 1.807) is 12.1 Å². The highest BCUT2D eigenvalue weighted by molar-refractivity contribution is 7.92. The first-order valence-corrected chi connectivity index (χ1v) is 13.2. The highest BCUT2D eigenvalue weighted by atomic mass is 32.2. The Bertz CT molecular complexity index is 1180. The number of alkyl halides is 3. The smallest absolute Gasteiger partial charge is 0.354 e. The van der Waals surface area contributed by atoms with Crippen molar-refractivity contribution in [1.82, 2.24) is 10.2 Å². The lowest BCUT2D eigenvalue weighted by Crippen LogP contribution is -2.51. The van der Waals surface area contributed by atoms with Gasteiger partial charge in [0, 0.05) is 13.1 Å². The minimum atomic E-state index is -4.69. The summed E-state index contributed by atoms with van der Waals surface area (Å²) in [7, 11) is -4.14. The fourth-order valence-electron chi connectivity index (χ4n) is 3.46. The number of carbonyl (C=O) groups excluding carboxylic acids is 2. The topological polar surface area (TPSA) is 86.8 Å². The Morgan fingerprint density at radius 3 is 2.22 bits per heavy atom. The summed E-state index contributed by atoms with van der Waals surface area (Å²) >= 11 is 0. The van der Waals surface area contributed by atoms with Gasteiger partial charge < -0.3 is 10.2 Å². The Morgan fingerprint density at radius 2 is 1.67 bits per heavy atom. The first-order chi connectivity index (χ1) is 16.6. The van der Waals surface area contributed by atoms with Crippen molar-refractivity contribution >= 4 is 27.5 Å². The maximum absolute atomic E-state index is 13.5. The first-order valence-electron chi connectivity index (χ1n) is 11.4. The molecule has 1 atom stereocenters. The monoisotopic (exact) mass is 527 g/mol. The van der Waals surface area contributed by atoms with Gasteiger partial charge in [-0.1, -0.05) is 44.2 Å². The van der Waals surface area contributed by atoms with Crippen molar-refractivity contribution in [3.63, 3.8) is 0 Å². The number of hydrogen-bond donors (Lipinski definition) is 1. The molecule has 0 bridgehead atoms. The molecule has 2 amide bonds. The molecule has 0 aliphatic carbocycles. The molecule has 1 unspecified atom stereocenters. The van der Waals surface area contributed by atoms with Crippen LogP contribution in [0.25, 0.3) is 0 Å². The van der Waals surface area contributed by atoms with E-state index in [2.05, 4.69) is 5.32 Å². The molecule has 0 fully saturated rings. The Kier molecular flexibility index (Phi) is 9.53. The molecule has 2 rings (SSSR count). The van der Waals surface area contributed by atoms with Crippen LogP contribution in [-0.2, 0) is 32.3 Å². The second-order valence-electron chi connectivity index (χ2n) is 9.08. The van der Waals surface area contributed by atoms with Crippen LogP contribution in [0.5, 0.6) is 0 Å². The fourth-order valence-corrected chi connectivity index (χ4v) is 4.30. The Hall–Kier alpha value is -3.08. The predicted octanol–water partition coefficient (Wildman–Crippen LogP) is 3.97. The molecule has 0 aliphatic heterocycles. The van der Waals surface area contributed by atoms with E-state index in [0.29, 0.717) is 16.9 Å². The second-order valence-corrected chi connectivity index (χ2v) is 11.0. The predicted molar refractivity (Wildman–Crippen MR) is 133 cm³/mol. The van der Waals surface area contributed by atoms with Crippen LogP contribution >= 0.6 is 0 Å². The van der Waals surface area contributed by atoms with Gasteiger partial charge >= 0.3 is 6.18 Å². The number of benzene rings is 2. The third kappa shape index (κ3) is 7.97. The molecular formula is C25H32F3N3O4S. The summed E-state index contributed by atoms with van der Waals surface area (Å²) < 4.78 is 65.4. The van der Waals surface area contributed by atoms with Crippen molar-refractivity contribution in [3.05, 3.63) is 65.2 Å². The largest absolute Gasteiger partial charge is 0.416 e. The number of rotatable bonds is 10. The van der Waals surface area contributed by atoms with E-state index in [4.69, 9.17) is 0 Å². The van der Waals surface area contributed by atoms with E-state index < -0.39 is 46.2 Å². The van der Waals surface area contributed by atoms with Gasteiger partial charge in [0.2, 0.25) is 21.8 Å². The summed E-state index contributed by atoms with van der Waals surface area (Å²) in [6.07, 6.45) is -3.88. The van der Waals surface area contributed by atoms with Crippen LogP contribution in [0.1, 0.15) is 37.5 Å². The molecule has 0 aromatic heterocycles. The van der Waals surface area contributed by atoms with E-state index in [1.807, 2.05) is 32.9 Å². The van der Waals surface area contributed by atoms with E-state index in [9.17, 15) is 31.2 Å². The van der Waals surface area contributed by atoms with Crippen molar-refractivity contribution in [1.29, 1.82) is 0 Å². The Labute approximate surface area is 210 Å². The summed E-state index contributed by atoms with van der Waals surface area (Å²) in [6.45, 7) is 6.83. The maximum atomic E-state index is 13.5. The zero-order valence-corrected chi connectivity index (χ0v) is 21.8. The lowest BCUT2D eigenvalue weighted by atomic mass is 10.1. The Morgan fingerprint density at radius 1 is 1.03 bits per heavy atom. The summed E-state index contributed by atoms with van der Waals surface area (Å²) in [5.41, 5.74) is 0.273. The molecule has 0 aliphatic rings. The number of aryl methyl sites for hydroxylation is 1. The van der Waals surface area contributed by atoms with E-state index >= 15 is 0 Å². The van der Waals surface area contributed by atoms with Crippen molar-refractivity contribution in [3.8, 4) is 0 Å². The molecule has 0 heterocycles. The Balaban J connectivity index is 2.44. The molecule has 36 heavy (non-hydrogen) atoms. The quantitative estimate of drug-likeness (QED) is 0.507. The van der Waals surface area contributed by atoms with Gasteiger partial charge in [-0.05, 0) is 49.1 Å². The molecule has 0 spiro atoms. The van der Waals surface area contributed by atoms with Gasteiger partial charge in [0.15, 0.2) is 0 Å². The summed E-state index contributed by atoms with van der Waals surface area (Å²) in [6, 6.07) is 10.0. The van der Waals surface area contributed by atoms with E-state index in [0.717, 1.165) is 29.5 Å². The molecule has 11 heteroatoms. The molecule has 0 saturated heterocycles. The van der Waals surface area contributed by atoms with Crippen LogP contribution in [0.3, 0.4) is 0 Å². The molecule has 1 N–H and O–H groups in total. The van der Waals surface area contributed by atoms with Gasteiger partial charge in [0.05, 0.1) is 17.5 Å². The highest BCUT2D eigenvalue weighted by Crippen LogP contribution is 2.32. The number of hydrogen-bond acceptors (Lipinski definition) is 4. The average molecular weight is 528 g/mol. The first kappa shape index (κ1) is 29.2. The summed E-state index contributed by atoms with van der Waals surface area (Å²) in [4.78, 5) is 27.5. The number of carbonyl (C=O) groups is 2. The SMILES string of the molecule is Cc1ccccc1CN(C(=O)CN(c1cccc(C(F)(F)F)c1)S(C)(=O)=O)C(C)C(=O)NCC(C)C. The number of halogens is 3. The molecule has 7 nitrogen and oxygen atoms in total. The number of amides is 2. The number of nitrogens with zero attached hydrogens (tertiary/aromatic N) is 2. The van der Waals surface area contributed by atoms with Crippen LogP contribution in [0.15, 0.2) is 48.5 Å². The van der Waals surface area contributed by atoms with Crippen LogP contribution in [0, 0.1) is 12.8 Å². The van der Waals surface area contributed by atoms with Gasteiger partial charge in [0.25, 0.3) is 0 Å². The normalized spacial score (nSPS) is 12.8. The van der Waals surface area contributed by atoms with Crippen molar-refractivity contribution in [2.45, 2.75) is 46.5 Å². The van der Waals surface area contributed by atoms with Crippen molar-refractivity contribution in [2.24, 2.45) is 5.92 Å². The van der Waals surface area contributed by atoms with Crippen molar-refractivity contribution in [2.75, 3.05) is 23.7 Å². The molecule has 0 radical (unpaired) electrons. The zero-order valence-electron chi connectivity index (χ0n) is 21.0. The van der Waals surface area contributed by atoms with Crippen LogP contribution in [0.4, 0.5) is 18.9 Å². The van der Waals surface area contributed by atoms with Gasteiger partial charge in [-0.15, -0.1) is 0 Å². The minimum absolute atomic E-state index is 0.0158. The zero-order chi connectivity index (χ0) is 27.3. The standard InChI is InChI=1S/C25H32F3N3O4S/c1-17(2)14-29-24(33)19(4)30(15-20-10-7-6-9-18(20)3)23(32)16-31(36(5,34)35)22-12-8-11-21(13-22)25(26,27)28/h6-13,17,19H,14-16H2,1-5H3,(H,29,33). The van der Waals surface area contributed by atoms with Crippen LogP contribution < -0.4 is 9.62 Å². The average Bonchev–Trinajstić information content (AvgIpc) is 2.78. The van der Waals surface area contributed by atoms with Crippen molar-refractivity contribution < 1.29 is 31.2 Å². The number of anilines is 1. The summed E-state index contributed by atoms with van der Waals surface area (Å²) in [5.74, 6) is -0.979. The van der Waals surface area contributed by atoms with Crippen LogP contribution in [0.2, 0.25) is 0 Å². The second kappa shape index (κ2) is 11.8. The van der Waals surface area contributed by atoms with Gasteiger partial charge in [-0.3, -0.25) is 13.9 Å². The van der Waals surface area contributed by atoms with E-state index in [1.165, 1.54) is 17.9 Å². The molecule has 0 saturated carbocycles. The lowest BCUT2D eigenvalue weighted by molar-refractivity contribution is -0.139. The lowest BCUT2D eigenvalue weighted by Gasteiger charge is -2.32. The van der Waals surface area contributed by atoms with Gasteiger partial charge in [0.1, 0.15) is 12.6 Å². The summed E-state index contributed by atoms with van der Waals surface area (Å²) in [5, 5.41) is 2.77. The molecular weight excluding hydrogens is 495 g/mol. The number of sulfonamides is 1. The fraction of sp³-hybridized carbons (Fsp3) is 0.440. The molecule has 2 aromatic rings. The maximum Gasteiger partial charge on any atom is 0.416 e. The van der Waals surface area contributed by atoms with E-state index in [-0.39, 0.29) is 18.2 Å². The molecule has 2 aromatic carbocycles. The van der Waals surface area contributed by atoms with Crippen LogP contribution in [-0.4, -0.2) is 50.5 Å². The highest BCUT2D eigenvalue weighted by Gasteiger charge is 2.33. The number of nitrogens with one attached hydrogen (secondary N) is 1.